The maximum Gasteiger partial charge on any atom is 0.407 e. The predicted molar refractivity (Wildman–Crippen MR) is 43.8 cm³/mol. The second-order valence-electron chi connectivity index (χ2n) is 2.65. The Hall–Kier alpha value is -1.23. The molecule has 0 aliphatic heterocycles. The Morgan fingerprint density at radius 1 is 1.15 bits per heavy atom. The Bertz CT molecular complexity index is 296. The van der Waals surface area contributed by atoms with E-state index in [9.17, 15) is 13.2 Å². The van der Waals surface area contributed by atoms with Gasteiger partial charge in [0.25, 0.3) is 0 Å². The number of halogens is 3. The second-order valence-corrected chi connectivity index (χ2v) is 2.65. The number of nitrogens with two attached hydrogens (primary N) is 2. The van der Waals surface area contributed by atoms with Crippen molar-refractivity contribution in [3.05, 3.63) is 29.8 Å². The molecule has 0 heterocycles. The minimum absolute atomic E-state index is 0.0623. The van der Waals surface area contributed by atoms with Gasteiger partial charge in [0.05, 0.1) is 0 Å². The predicted octanol–water partition coefficient (Wildman–Crippen LogP) is 1.83. The van der Waals surface area contributed by atoms with Crippen LogP contribution in [0.3, 0.4) is 0 Å². The van der Waals surface area contributed by atoms with Crippen molar-refractivity contribution >= 4 is 5.69 Å². The molecule has 1 rings (SSSR count). The van der Waals surface area contributed by atoms with E-state index in [0.717, 1.165) is 0 Å². The van der Waals surface area contributed by atoms with Gasteiger partial charge in [-0.15, -0.1) is 0 Å². The van der Waals surface area contributed by atoms with Crippen LogP contribution in [0.2, 0.25) is 0 Å². The molecule has 13 heavy (non-hydrogen) atoms. The van der Waals surface area contributed by atoms with Crippen LogP contribution in [0.5, 0.6) is 0 Å². The first-order valence-corrected chi connectivity index (χ1v) is 3.59. The van der Waals surface area contributed by atoms with E-state index < -0.39 is 12.2 Å². The van der Waals surface area contributed by atoms with Crippen LogP contribution in [0.15, 0.2) is 24.3 Å². The normalized spacial score (nSPS) is 14.2. The summed E-state index contributed by atoms with van der Waals surface area (Å²) < 4.78 is 36.4. The lowest BCUT2D eigenvalue weighted by Gasteiger charge is -2.17. The summed E-state index contributed by atoms with van der Waals surface area (Å²) in [6.07, 6.45) is -4.45. The SMILES string of the molecule is Nc1ccccc1[C@@H](N)C(F)(F)F. The number of para-hydroxylation sites is 1. The van der Waals surface area contributed by atoms with Crippen molar-refractivity contribution < 1.29 is 13.2 Å². The largest absolute Gasteiger partial charge is 0.407 e. The fraction of sp³-hybridized carbons (Fsp3) is 0.250. The molecule has 72 valence electrons. The van der Waals surface area contributed by atoms with Crippen LogP contribution in [-0.2, 0) is 0 Å². The molecule has 0 bridgehead atoms. The lowest BCUT2D eigenvalue weighted by atomic mass is 10.1. The van der Waals surface area contributed by atoms with Gasteiger partial charge in [-0.05, 0) is 6.07 Å². The van der Waals surface area contributed by atoms with Crippen LogP contribution in [0.4, 0.5) is 18.9 Å². The van der Waals surface area contributed by atoms with Gasteiger partial charge in [-0.2, -0.15) is 13.2 Å². The maximum absolute atomic E-state index is 12.1. The van der Waals surface area contributed by atoms with Crippen molar-refractivity contribution in [2.45, 2.75) is 12.2 Å². The molecule has 0 amide bonds. The molecule has 4 N–H and O–H groups in total. The minimum atomic E-state index is -4.45. The monoisotopic (exact) mass is 190 g/mol. The number of anilines is 1. The van der Waals surface area contributed by atoms with Gasteiger partial charge in [0, 0.05) is 11.3 Å². The summed E-state index contributed by atoms with van der Waals surface area (Å²) in [5.41, 5.74) is 10.3. The lowest BCUT2D eigenvalue weighted by Crippen LogP contribution is -2.29. The standard InChI is InChI=1S/C8H9F3N2/c9-8(10,11)7(13)5-3-1-2-4-6(5)12/h1-4,7H,12-13H2/t7-/m1/s1. The fourth-order valence-electron chi connectivity index (χ4n) is 0.970. The van der Waals surface area contributed by atoms with Gasteiger partial charge >= 0.3 is 6.18 Å². The van der Waals surface area contributed by atoms with Crippen LogP contribution < -0.4 is 11.5 Å². The van der Waals surface area contributed by atoms with Gasteiger partial charge in [-0.1, -0.05) is 18.2 Å². The highest BCUT2D eigenvalue weighted by Crippen LogP contribution is 2.32. The number of nitrogen functional groups attached to an aromatic ring is 1. The maximum atomic E-state index is 12.1. The Labute approximate surface area is 73.3 Å². The molecule has 1 aromatic carbocycles. The summed E-state index contributed by atoms with van der Waals surface area (Å²) in [6, 6.07) is 3.68. The highest BCUT2D eigenvalue weighted by molar-refractivity contribution is 5.48. The third-order valence-electron chi connectivity index (χ3n) is 1.68. The molecule has 0 fully saturated rings. The molecule has 0 aliphatic carbocycles. The van der Waals surface area contributed by atoms with Crippen LogP contribution in [0.1, 0.15) is 11.6 Å². The van der Waals surface area contributed by atoms with Gasteiger partial charge in [-0.25, -0.2) is 0 Å². The molecule has 0 radical (unpaired) electrons. The molecule has 0 aromatic heterocycles. The van der Waals surface area contributed by atoms with Crippen molar-refractivity contribution in [2.24, 2.45) is 5.73 Å². The summed E-state index contributed by atoms with van der Waals surface area (Å²) in [7, 11) is 0. The van der Waals surface area contributed by atoms with Gasteiger partial charge in [0.1, 0.15) is 6.04 Å². The lowest BCUT2D eigenvalue weighted by molar-refractivity contribution is -0.149. The second kappa shape index (κ2) is 3.26. The minimum Gasteiger partial charge on any atom is -0.398 e. The van der Waals surface area contributed by atoms with Crippen LogP contribution >= 0.6 is 0 Å². The summed E-state index contributed by atoms with van der Waals surface area (Å²) in [6.45, 7) is 0. The molecule has 2 nitrogen and oxygen atoms in total. The Kier molecular flexibility index (Phi) is 2.47. The first-order valence-electron chi connectivity index (χ1n) is 3.59. The number of hydrogen-bond acceptors (Lipinski definition) is 2. The number of rotatable bonds is 1. The zero-order valence-corrected chi connectivity index (χ0v) is 6.68. The highest BCUT2D eigenvalue weighted by Gasteiger charge is 2.38. The van der Waals surface area contributed by atoms with Crippen molar-refractivity contribution in [3.8, 4) is 0 Å². The van der Waals surface area contributed by atoms with Crippen molar-refractivity contribution in [1.29, 1.82) is 0 Å². The average molecular weight is 190 g/mol. The highest BCUT2D eigenvalue weighted by atomic mass is 19.4. The Balaban J connectivity index is 3.02. The van der Waals surface area contributed by atoms with E-state index in [-0.39, 0.29) is 11.3 Å². The molecular formula is C8H9F3N2. The first kappa shape index (κ1) is 9.85. The number of benzene rings is 1. The van der Waals surface area contributed by atoms with Crippen LogP contribution in [0.25, 0.3) is 0 Å². The molecule has 0 unspecified atom stereocenters. The van der Waals surface area contributed by atoms with Crippen LogP contribution in [0, 0.1) is 0 Å². The zero-order chi connectivity index (χ0) is 10.1. The van der Waals surface area contributed by atoms with Crippen LogP contribution in [-0.4, -0.2) is 6.18 Å². The van der Waals surface area contributed by atoms with Gasteiger partial charge in [0.2, 0.25) is 0 Å². The van der Waals surface area contributed by atoms with E-state index in [1.165, 1.54) is 18.2 Å². The molecule has 0 aliphatic rings. The van der Waals surface area contributed by atoms with E-state index in [1.807, 2.05) is 0 Å². The van der Waals surface area contributed by atoms with E-state index in [1.54, 1.807) is 6.07 Å². The van der Waals surface area contributed by atoms with E-state index in [4.69, 9.17) is 11.5 Å². The van der Waals surface area contributed by atoms with Crippen molar-refractivity contribution in [2.75, 3.05) is 5.73 Å². The fourth-order valence-corrected chi connectivity index (χ4v) is 0.970. The van der Waals surface area contributed by atoms with E-state index >= 15 is 0 Å². The number of alkyl halides is 3. The first-order chi connectivity index (χ1) is 5.93. The summed E-state index contributed by atoms with van der Waals surface area (Å²) in [5, 5.41) is 0. The third kappa shape index (κ3) is 2.12. The number of hydrogen-bond donors (Lipinski definition) is 2. The zero-order valence-electron chi connectivity index (χ0n) is 6.68. The molecule has 1 atom stereocenters. The third-order valence-corrected chi connectivity index (χ3v) is 1.68. The van der Waals surface area contributed by atoms with E-state index in [0.29, 0.717) is 0 Å². The Morgan fingerprint density at radius 3 is 2.15 bits per heavy atom. The van der Waals surface area contributed by atoms with Gasteiger partial charge in [0.15, 0.2) is 0 Å². The quantitative estimate of drug-likeness (QED) is 0.664. The molecule has 0 saturated heterocycles. The summed E-state index contributed by atoms with van der Waals surface area (Å²) in [4.78, 5) is 0. The van der Waals surface area contributed by atoms with Crippen molar-refractivity contribution in [3.63, 3.8) is 0 Å². The topological polar surface area (TPSA) is 52.0 Å². The summed E-state index contributed by atoms with van der Waals surface area (Å²) in [5.74, 6) is 0. The van der Waals surface area contributed by atoms with Crippen molar-refractivity contribution in [1.82, 2.24) is 0 Å². The van der Waals surface area contributed by atoms with E-state index in [2.05, 4.69) is 0 Å². The molecular weight excluding hydrogens is 181 g/mol. The molecule has 1 aromatic rings. The Morgan fingerprint density at radius 2 is 1.69 bits per heavy atom. The smallest absolute Gasteiger partial charge is 0.398 e. The average Bonchev–Trinajstić information content (AvgIpc) is 2.02. The summed E-state index contributed by atoms with van der Waals surface area (Å²) >= 11 is 0. The molecule has 0 spiro atoms. The molecule has 0 saturated carbocycles. The van der Waals surface area contributed by atoms with Gasteiger partial charge in [-0.3, -0.25) is 0 Å². The van der Waals surface area contributed by atoms with Gasteiger partial charge < -0.3 is 11.5 Å². The molecule has 5 heteroatoms.